The molecule has 3 aliphatic heterocycles. The Kier molecular flexibility index (Phi) is 16.3. The van der Waals surface area contributed by atoms with Gasteiger partial charge in [-0.05, 0) is 95.3 Å². The zero-order valence-electron chi connectivity index (χ0n) is 32.2. The van der Waals surface area contributed by atoms with Crippen molar-refractivity contribution in [1.29, 1.82) is 0 Å². The van der Waals surface area contributed by atoms with Gasteiger partial charge < -0.3 is 30.7 Å². The standard InChI is InChI=1S/C15H19NO2.C13H16O.C12H13NO2.C3H5ClO.Na.H2O/c1-2-15(17)16-9-10-8-13(10)11-4-3-5-14-12(11)6-7-18-14;1-2-9-8-12(9)10-4-3-5-13-11(10)6-7-14-13;13-12(14)10-6-9(10)7-2-1-3-11-8(7)4-5-15-11;1-2-3(4)5;;/h3-5,10,13H,2,6-9H2,1H3,(H,16,17);3-5,9,12H,2,6-8H2,1H3;1-3,9-10H,4-6H2,(H2,13,14);2H2,1H3;;1H2/q;;;;+1;/p-1/t10-,13?;9-,12?;9?,10-;;;/m011.../s1. The fraction of sp³-hybridized carbons (Fsp3) is 0.512. The van der Waals surface area contributed by atoms with Gasteiger partial charge in [0, 0.05) is 61.3 Å². The number of primary amides is 1. The topological polar surface area (TPSA) is 147 Å². The Morgan fingerprint density at radius 1 is 0.685 bits per heavy atom. The van der Waals surface area contributed by atoms with Gasteiger partial charge in [0.1, 0.15) is 17.2 Å². The SMILES string of the molecule is CCC(=O)Cl.CCC(=O)NC[C@@H]1CC1c1cccc2c1CCO2.CC[C@@H]1CC1c1cccc2c1CCO2.NC(=O)[C@@H]1CC1c1cccc2c1CCO2.[Na+].[OH-]. The second kappa shape index (κ2) is 20.2. The van der Waals surface area contributed by atoms with Crippen LogP contribution in [0, 0.1) is 17.8 Å². The third-order valence-corrected chi connectivity index (χ3v) is 11.5. The summed E-state index contributed by atoms with van der Waals surface area (Å²) in [6, 6.07) is 19.0. The summed E-state index contributed by atoms with van der Waals surface area (Å²) in [5.41, 5.74) is 13.8. The number of ether oxygens (including phenoxy) is 3. The van der Waals surface area contributed by atoms with Gasteiger partial charge >= 0.3 is 29.6 Å². The van der Waals surface area contributed by atoms with E-state index in [1.807, 2.05) is 19.1 Å². The number of benzene rings is 3. The van der Waals surface area contributed by atoms with Gasteiger partial charge in [0.15, 0.2) is 0 Å². The molecule has 11 heteroatoms. The van der Waals surface area contributed by atoms with E-state index in [1.54, 1.807) is 12.5 Å². The molecule has 3 heterocycles. The first kappa shape index (κ1) is 43.6. The van der Waals surface area contributed by atoms with Crippen molar-refractivity contribution in [2.45, 2.75) is 96.3 Å². The van der Waals surface area contributed by atoms with Crippen LogP contribution in [-0.4, -0.2) is 48.9 Å². The van der Waals surface area contributed by atoms with Crippen LogP contribution >= 0.6 is 11.6 Å². The summed E-state index contributed by atoms with van der Waals surface area (Å²) in [5, 5.41) is 2.72. The van der Waals surface area contributed by atoms with Gasteiger partial charge in [0.2, 0.25) is 17.1 Å². The van der Waals surface area contributed by atoms with Gasteiger partial charge in [-0.2, -0.15) is 0 Å². The Labute approximate surface area is 347 Å². The van der Waals surface area contributed by atoms with Crippen LogP contribution < -0.4 is 54.8 Å². The predicted octanol–water partition coefficient (Wildman–Crippen LogP) is 4.59. The smallest absolute Gasteiger partial charge is 0.870 e. The van der Waals surface area contributed by atoms with E-state index >= 15 is 0 Å². The van der Waals surface area contributed by atoms with Crippen molar-refractivity contribution < 1.29 is 63.6 Å². The maximum absolute atomic E-state index is 11.2. The third kappa shape index (κ3) is 10.8. The van der Waals surface area contributed by atoms with Crippen molar-refractivity contribution in [3.8, 4) is 17.2 Å². The molecule has 0 aromatic heterocycles. The van der Waals surface area contributed by atoms with Crippen LogP contribution in [0.4, 0.5) is 0 Å². The van der Waals surface area contributed by atoms with Crippen molar-refractivity contribution in [3.63, 3.8) is 0 Å². The number of nitrogens with one attached hydrogen (secondary N) is 1. The van der Waals surface area contributed by atoms with Crippen LogP contribution in [0.2, 0.25) is 0 Å². The number of nitrogens with two attached hydrogens (primary N) is 1. The summed E-state index contributed by atoms with van der Waals surface area (Å²) in [5.74, 6) is 6.61. The minimum Gasteiger partial charge on any atom is -0.870 e. The van der Waals surface area contributed by atoms with Crippen LogP contribution in [0.25, 0.3) is 0 Å². The van der Waals surface area contributed by atoms with E-state index in [9.17, 15) is 14.4 Å². The number of halogens is 1. The second-order valence-corrected chi connectivity index (χ2v) is 15.0. The molecular weight excluding hydrogens is 715 g/mol. The zero-order chi connectivity index (χ0) is 36.8. The van der Waals surface area contributed by atoms with E-state index in [2.05, 4.69) is 54.7 Å². The quantitative estimate of drug-likeness (QED) is 0.239. The minimum atomic E-state index is -0.273. The van der Waals surface area contributed by atoms with Crippen molar-refractivity contribution in [2.24, 2.45) is 23.5 Å². The first-order chi connectivity index (χ1) is 25.2. The summed E-state index contributed by atoms with van der Waals surface area (Å²) < 4.78 is 16.7. The molecule has 6 atom stereocenters. The zero-order valence-corrected chi connectivity index (χ0v) is 35.0. The van der Waals surface area contributed by atoms with E-state index in [4.69, 9.17) is 31.5 Å². The van der Waals surface area contributed by atoms with E-state index < -0.39 is 0 Å². The third-order valence-electron chi connectivity index (χ3n) is 11.2. The molecule has 2 amide bonds. The summed E-state index contributed by atoms with van der Waals surface area (Å²) in [6.45, 7) is 9.19. The Balaban J connectivity index is 0.000000168. The number of fused-ring (bicyclic) bond motifs is 3. The molecule has 3 fully saturated rings. The summed E-state index contributed by atoms with van der Waals surface area (Å²) in [6.07, 6.45) is 8.96. The molecule has 54 heavy (non-hydrogen) atoms. The number of carbonyl (C=O) groups is 3. The molecule has 286 valence electrons. The number of rotatable bonds is 9. The van der Waals surface area contributed by atoms with Crippen LogP contribution in [0.3, 0.4) is 0 Å². The molecule has 0 bridgehead atoms. The molecule has 9 nitrogen and oxygen atoms in total. The van der Waals surface area contributed by atoms with Crippen LogP contribution in [0.5, 0.6) is 17.2 Å². The molecule has 9 rings (SSSR count). The minimum absolute atomic E-state index is 0. The maximum Gasteiger partial charge on any atom is 1.00 e. The second-order valence-electron chi connectivity index (χ2n) is 14.6. The van der Waals surface area contributed by atoms with Gasteiger partial charge in [0.05, 0.1) is 19.8 Å². The van der Waals surface area contributed by atoms with Crippen LogP contribution in [0.1, 0.15) is 110 Å². The van der Waals surface area contributed by atoms with Gasteiger partial charge in [-0.1, -0.05) is 63.6 Å². The molecule has 0 spiro atoms. The van der Waals surface area contributed by atoms with Crippen LogP contribution in [-0.2, 0) is 33.6 Å². The molecule has 3 aromatic rings. The van der Waals surface area contributed by atoms with Crippen LogP contribution in [0.15, 0.2) is 54.6 Å². The average molecular weight is 769 g/mol. The van der Waals surface area contributed by atoms with E-state index in [0.29, 0.717) is 30.6 Å². The fourth-order valence-electron chi connectivity index (χ4n) is 7.94. The Hall–Kier alpha value is -3.08. The van der Waals surface area contributed by atoms with Gasteiger partial charge in [0.25, 0.3) is 0 Å². The molecule has 3 aromatic carbocycles. The molecule has 0 saturated heterocycles. The first-order valence-electron chi connectivity index (χ1n) is 19.2. The molecule has 3 saturated carbocycles. The first-order valence-corrected chi connectivity index (χ1v) is 19.6. The van der Waals surface area contributed by atoms with E-state index in [-0.39, 0.29) is 58.0 Å². The molecule has 4 N–H and O–H groups in total. The maximum atomic E-state index is 11.2. The summed E-state index contributed by atoms with van der Waals surface area (Å²) in [4.78, 5) is 31.9. The summed E-state index contributed by atoms with van der Waals surface area (Å²) in [7, 11) is 0. The van der Waals surface area contributed by atoms with Gasteiger partial charge in [-0.25, -0.2) is 0 Å². The molecule has 6 aliphatic rings. The van der Waals surface area contributed by atoms with Crippen molar-refractivity contribution in [3.05, 3.63) is 88.0 Å². The average Bonchev–Trinajstić information content (AvgIpc) is 4.11. The number of amides is 2. The monoisotopic (exact) mass is 768 g/mol. The Morgan fingerprint density at radius 3 is 1.48 bits per heavy atom. The largest absolute Gasteiger partial charge is 1.00 e. The molecular formula is C43H54ClN2NaO7. The van der Waals surface area contributed by atoms with E-state index in [0.717, 1.165) is 81.1 Å². The number of carbonyl (C=O) groups excluding carboxylic acids is 3. The normalized spacial score (nSPS) is 23.6. The predicted molar refractivity (Wildman–Crippen MR) is 205 cm³/mol. The Bertz CT molecular complexity index is 1770. The molecule has 3 unspecified atom stereocenters. The molecule has 0 radical (unpaired) electrons. The van der Waals surface area contributed by atoms with Gasteiger partial charge in [-0.15, -0.1) is 0 Å². The Morgan fingerprint density at radius 2 is 1.11 bits per heavy atom. The van der Waals surface area contributed by atoms with Crippen molar-refractivity contribution >= 4 is 28.7 Å². The van der Waals surface area contributed by atoms with Gasteiger partial charge in [-0.3, -0.25) is 14.4 Å². The number of hydrogen-bond acceptors (Lipinski definition) is 7. The summed E-state index contributed by atoms with van der Waals surface area (Å²) >= 11 is 4.82. The van der Waals surface area contributed by atoms with Crippen molar-refractivity contribution in [1.82, 2.24) is 5.32 Å². The van der Waals surface area contributed by atoms with E-state index in [1.165, 1.54) is 47.1 Å². The molecule has 3 aliphatic carbocycles. The van der Waals surface area contributed by atoms with Crippen molar-refractivity contribution in [2.75, 3.05) is 26.4 Å². The number of hydrogen-bond donors (Lipinski definition) is 2. The fourth-order valence-corrected chi connectivity index (χ4v) is 7.94.